The molecule has 2 saturated carbocycles. The lowest BCUT2D eigenvalue weighted by Gasteiger charge is -2.24. The Balaban J connectivity index is 1.59. The summed E-state index contributed by atoms with van der Waals surface area (Å²) in [5.41, 5.74) is 0. The zero-order valence-corrected chi connectivity index (χ0v) is 8.58. The summed E-state index contributed by atoms with van der Waals surface area (Å²) in [5.74, 6) is 1.14. The standard InChI is InChI=1S/C12H18O2/c13-12(8-7-10-3-1-4-10)14-9-11-5-2-6-11/h7-8,10-11H,1-6,9H2. The molecule has 0 amide bonds. The summed E-state index contributed by atoms with van der Waals surface area (Å²) in [6.07, 6.45) is 11.2. The van der Waals surface area contributed by atoms with Crippen molar-refractivity contribution in [3.05, 3.63) is 12.2 Å². The van der Waals surface area contributed by atoms with Crippen LogP contribution in [0.3, 0.4) is 0 Å². The molecule has 0 aromatic heterocycles. The summed E-state index contributed by atoms with van der Waals surface area (Å²) in [5, 5.41) is 0. The summed E-state index contributed by atoms with van der Waals surface area (Å²) >= 11 is 0. The highest BCUT2D eigenvalue weighted by atomic mass is 16.5. The minimum Gasteiger partial charge on any atom is -0.462 e. The zero-order valence-electron chi connectivity index (χ0n) is 8.58. The number of carbonyl (C=O) groups excluding carboxylic acids is 1. The van der Waals surface area contributed by atoms with Crippen molar-refractivity contribution < 1.29 is 9.53 Å². The first-order chi connectivity index (χ1) is 6.84. The monoisotopic (exact) mass is 194 g/mol. The van der Waals surface area contributed by atoms with Crippen LogP contribution in [0.2, 0.25) is 0 Å². The fourth-order valence-corrected chi connectivity index (χ4v) is 1.75. The van der Waals surface area contributed by atoms with Crippen LogP contribution in [-0.4, -0.2) is 12.6 Å². The van der Waals surface area contributed by atoms with Gasteiger partial charge in [-0.25, -0.2) is 4.79 Å². The number of carbonyl (C=O) groups is 1. The molecule has 2 rings (SSSR count). The summed E-state index contributed by atoms with van der Waals surface area (Å²) < 4.78 is 5.14. The molecule has 0 aromatic rings. The predicted octanol–water partition coefficient (Wildman–Crippen LogP) is 2.69. The van der Waals surface area contributed by atoms with E-state index in [9.17, 15) is 4.79 Å². The number of ether oxygens (including phenoxy) is 1. The van der Waals surface area contributed by atoms with Gasteiger partial charge in [-0.05, 0) is 37.5 Å². The molecular formula is C12H18O2. The van der Waals surface area contributed by atoms with Gasteiger partial charge < -0.3 is 4.74 Å². The zero-order chi connectivity index (χ0) is 9.80. The van der Waals surface area contributed by atoms with E-state index < -0.39 is 0 Å². The highest BCUT2D eigenvalue weighted by molar-refractivity contribution is 5.81. The molecular weight excluding hydrogens is 176 g/mol. The quantitative estimate of drug-likeness (QED) is 0.508. The lowest BCUT2D eigenvalue weighted by Crippen LogP contribution is -2.19. The molecule has 0 heterocycles. The van der Waals surface area contributed by atoms with Gasteiger partial charge in [0.2, 0.25) is 0 Å². The van der Waals surface area contributed by atoms with Gasteiger partial charge in [-0.15, -0.1) is 0 Å². The number of allylic oxidation sites excluding steroid dienone is 1. The van der Waals surface area contributed by atoms with Crippen molar-refractivity contribution in [3.63, 3.8) is 0 Å². The first kappa shape index (κ1) is 9.75. The average molecular weight is 194 g/mol. The minimum absolute atomic E-state index is 0.149. The Kier molecular flexibility index (Phi) is 3.22. The molecule has 2 nitrogen and oxygen atoms in total. The van der Waals surface area contributed by atoms with Crippen LogP contribution in [0.4, 0.5) is 0 Å². The third kappa shape index (κ3) is 2.60. The topological polar surface area (TPSA) is 26.3 Å². The summed E-state index contributed by atoms with van der Waals surface area (Å²) in [6.45, 7) is 0.633. The van der Waals surface area contributed by atoms with Gasteiger partial charge in [0.25, 0.3) is 0 Å². The van der Waals surface area contributed by atoms with Gasteiger partial charge in [0, 0.05) is 6.08 Å². The largest absolute Gasteiger partial charge is 0.462 e. The molecule has 0 radical (unpaired) electrons. The van der Waals surface area contributed by atoms with E-state index in [0.717, 1.165) is 0 Å². The molecule has 0 N–H and O–H groups in total. The maximum absolute atomic E-state index is 11.2. The van der Waals surface area contributed by atoms with Crippen molar-refractivity contribution in [1.82, 2.24) is 0 Å². The lowest BCUT2D eigenvalue weighted by molar-refractivity contribution is -0.139. The molecule has 0 bridgehead atoms. The molecule has 0 atom stereocenters. The van der Waals surface area contributed by atoms with Gasteiger partial charge in [-0.1, -0.05) is 18.9 Å². The molecule has 78 valence electrons. The second kappa shape index (κ2) is 4.63. The number of hydrogen-bond acceptors (Lipinski definition) is 2. The van der Waals surface area contributed by atoms with E-state index in [2.05, 4.69) is 0 Å². The lowest BCUT2D eigenvalue weighted by atomic mass is 9.85. The van der Waals surface area contributed by atoms with Crippen LogP contribution in [0.15, 0.2) is 12.2 Å². The van der Waals surface area contributed by atoms with E-state index in [1.54, 1.807) is 6.08 Å². The SMILES string of the molecule is O=C(C=CC1CCC1)OCC1CCC1. The highest BCUT2D eigenvalue weighted by Crippen LogP contribution is 2.28. The molecule has 2 aliphatic rings. The van der Waals surface area contributed by atoms with Gasteiger partial charge in [0.15, 0.2) is 0 Å². The maximum Gasteiger partial charge on any atom is 0.330 e. The molecule has 2 heteroatoms. The minimum atomic E-state index is -0.149. The van der Waals surface area contributed by atoms with E-state index in [-0.39, 0.29) is 5.97 Å². The molecule has 0 spiro atoms. The van der Waals surface area contributed by atoms with Crippen LogP contribution in [0, 0.1) is 11.8 Å². The number of rotatable bonds is 4. The van der Waals surface area contributed by atoms with E-state index >= 15 is 0 Å². The van der Waals surface area contributed by atoms with E-state index in [1.165, 1.54) is 38.5 Å². The molecule has 0 saturated heterocycles. The average Bonchev–Trinajstić information content (AvgIpc) is 1.98. The summed E-state index contributed by atoms with van der Waals surface area (Å²) in [7, 11) is 0. The number of esters is 1. The Morgan fingerprint density at radius 2 is 1.93 bits per heavy atom. The van der Waals surface area contributed by atoms with Crippen molar-refractivity contribution in [2.45, 2.75) is 38.5 Å². The Morgan fingerprint density at radius 1 is 1.21 bits per heavy atom. The third-order valence-corrected chi connectivity index (χ3v) is 3.34. The summed E-state index contributed by atoms with van der Waals surface area (Å²) in [4.78, 5) is 11.2. The fourth-order valence-electron chi connectivity index (χ4n) is 1.75. The van der Waals surface area contributed by atoms with Crippen LogP contribution < -0.4 is 0 Å². The Morgan fingerprint density at radius 3 is 2.43 bits per heavy atom. The van der Waals surface area contributed by atoms with Crippen LogP contribution in [0.25, 0.3) is 0 Å². The molecule has 14 heavy (non-hydrogen) atoms. The van der Waals surface area contributed by atoms with Crippen molar-refractivity contribution in [3.8, 4) is 0 Å². The van der Waals surface area contributed by atoms with Crippen LogP contribution in [0.1, 0.15) is 38.5 Å². The molecule has 0 unspecified atom stereocenters. The van der Waals surface area contributed by atoms with Gasteiger partial charge in [-0.3, -0.25) is 0 Å². The highest BCUT2D eigenvalue weighted by Gasteiger charge is 2.19. The molecule has 2 fully saturated rings. The van der Waals surface area contributed by atoms with Gasteiger partial charge >= 0.3 is 5.97 Å². The first-order valence-corrected chi connectivity index (χ1v) is 5.69. The van der Waals surface area contributed by atoms with Crippen molar-refractivity contribution in [1.29, 1.82) is 0 Å². The van der Waals surface area contributed by atoms with Crippen LogP contribution >= 0.6 is 0 Å². The predicted molar refractivity (Wildman–Crippen MR) is 54.8 cm³/mol. The Hall–Kier alpha value is -0.790. The van der Waals surface area contributed by atoms with Gasteiger partial charge in [0.05, 0.1) is 6.61 Å². The van der Waals surface area contributed by atoms with E-state index in [1.807, 2.05) is 6.08 Å². The number of hydrogen-bond donors (Lipinski definition) is 0. The molecule has 0 aliphatic heterocycles. The van der Waals surface area contributed by atoms with Crippen molar-refractivity contribution in [2.75, 3.05) is 6.61 Å². The first-order valence-electron chi connectivity index (χ1n) is 5.69. The third-order valence-electron chi connectivity index (χ3n) is 3.34. The van der Waals surface area contributed by atoms with Crippen molar-refractivity contribution >= 4 is 5.97 Å². The Bertz CT molecular complexity index is 224. The second-order valence-electron chi connectivity index (χ2n) is 4.48. The van der Waals surface area contributed by atoms with Crippen LogP contribution in [0.5, 0.6) is 0 Å². The van der Waals surface area contributed by atoms with Crippen molar-refractivity contribution in [2.24, 2.45) is 11.8 Å². The van der Waals surface area contributed by atoms with Gasteiger partial charge in [-0.2, -0.15) is 0 Å². The summed E-state index contributed by atoms with van der Waals surface area (Å²) in [6, 6.07) is 0. The molecule has 0 aromatic carbocycles. The maximum atomic E-state index is 11.2. The normalized spacial score (nSPS) is 23.1. The van der Waals surface area contributed by atoms with Gasteiger partial charge in [0.1, 0.15) is 0 Å². The second-order valence-corrected chi connectivity index (χ2v) is 4.48. The van der Waals surface area contributed by atoms with E-state index in [4.69, 9.17) is 4.74 Å². The fraction of sp³-hybridized carbons (Fsp3) is 0.750. The molecule has 2 aliphatic carbocycles. The Labute approximate surface area is 85.3 Å². The van der Waals surface area contributed by atoms with E-state index in [0.29, 0.717) is 18.4 Å². The van der Waals surface area contributed by atoms with Crippen LogP contribution in [-0.2, 0) is 9.53 Å². The smallest absolute Gasteiger partial charge is 0.330 e.